The summed E-state index contributed by atoms with van der Waals surface area (Å²) in [4.78, 5) is 42.7. The number of barbiturate groups is 1. The van der Waals surface area contributed by atoms with Crippen LogP contribution in [-0.4, -0.2) is 35.0 Å². The van der Waals surface area contributed by atoms with Crippen LogP contribution in [0.2, 0.25) is 0 Å². The molecule has 1 saturated heterocycles. The van der Waals surface area contributed by atoms with Gasteiger partial charge in [0.05, 0.1) is 17.3 Å². The van der Waals surface area contributed by atoms with Crippen molar-refractivity contribution in [1.82, 2.24) is 10.2 Å². The van der Waals surface area contributed by atoms with Gasteiger partial charge < -0.3 is 0 Å². The number of benzene rings is 1. The van der Waals surface area contributed by atoms with Crippen LogP contribution in [0.25, 0.3) is 0 Å². The number of hydrogen-bond donors (Lipinski definition) is 1. The van der Waals surface area contributed by atoms with Crippen LogP contribution in [0.3, 0.4) is 0 Å². The number of carbonyl (C=O) groups excluding carboxylic acids is 3. The molecule has 0 radical (unpaired) electrons. The molecule has 132 valence electrons. The molecule has 2 aliphatic carbocycles. The summed E-state index contributed by atoms with van der Waals surface area (Å²) in [6, 6.07) is 7.79. The van der Waals surface area contributed by atoms with Crippen LogP contribution in [0.1, 0.15) is 31.2 Å². The Kier molecular flexibility index (Phi) is 4.03. The van der Waals surface area contributed by atoms with Gasteiger partial charge in [0.15, 0.2) is 5.92 Å². The maximum atomic E-state index is 12.8. The van der Waals surface area contributed by atoms with E-state index in [1.807, 2.05) is 6.07 Å². The zero-order chi connectivity index (χ0) is 18.3. The molecule has 1 N–H and O–H groups in total. The van der Waals surface area contributed by atoms with E-state index in [9.17, 15) is 14.4 Å². The van der Waals surface area contributed by atoms with Gasteiger partial charge in [-0.15, -0.1) is 0 Å². The second-order valence-corrected chi connectivity index (χ2v) is 7.16. The number of rotatable bonds is 3. The van der Waals surface area contributed by atoms with Gasteiger partial charge >= 0.3 is 6.03 Å². The molecular weight excluding hydrogens is 332 g/mol. The molecule has 0 unspecified atom stereocenters. The Morgan fingerprint density at radius 3 is 2.54 bits per heavy atom. The maximum absolute atomic E-state index is 12.8. The van der Waals surface area contributed by atoms with E-state index >= 15 is 0 Å². The van der Waals surface area contributed by atoms with Crippen LogP contribution in [0, 0.1) is 29.1 Å². The first-order valence-electron chi connectivity index (χ1n) is 8.79. The fraction of sp³-hybridized carbons (Fsp3) is 0.421. The maximum Gasteiger partial charge on any atom is 0.331 e. The number of fused-ring (bicyclic) bond motifs is 2. The highest BCUT2D eigenvalue weighted by molar-refractivity contribution is 6.23. The normalized spacial score (nSPS) is 30.7. The molecule has 4 rings (SSSR count). The fourth-order valence-corrected chi connectivity index (χ4v) is 4.36. The zero-order valence-corrected chi connectivity index (χ0v) is 14.1. The van der Waals surface area contributed by atoms with Crippen LogP contribution in [0.4, 0.5) is 10.5 Å². The van der Waals surface area contributed by atoms with Gasteiger partial charge in [0.2, 0.25) is 11.8 Å². The van der Waals surface area contributed by atoms with E-state index in [1.54, 1.807) is 24.3 Å². The van der Waals surface area contributed by atoms with Crippen molar-refractivity contribution in [3.63, 3.8) is 0 Å². The molecule has 1 aromatic carbocycles. The number of imide groups is 2. The van der Waals surface area contributed by atoms with Crippen molar-refractivity contribution in [2.45, 2.75) is 31.7 Å². The molecule has 2 saturated carbocycles. The lowest BCUT2D eigenvalue weighted by atomic mass is 9.92. The number of nitriles is 1. The molecule has 0 spiro atoms. The van der Waals surface area contributed by atoms with Gasteiger partial charge in [-0.25, -0.2) is 4.79 Å². The van der Waals surface area contributed by atoms with Crippen molar-refractivity contribution in [2.75, 3.05) is 0 Å². The molecule has 7 nitrogen and oxygen atoms in total. The monoisotopic (exact) mass is 350 g/mol. The Morgan fingerprint density at radius 2 is 1.92 bits per heavy atom. The molecular formula is C19H18N4O3. The van der Waals surface area contributed by atoms with Crippen LogP contribution >= 0.6 is 0 Å². The number of carbonyl (C=O) groups is 3. The summed E-state index contributed by atoms with van der Waals surface area (Å²) < 4.78 is 0. The van der Waals surface area contributed by atoms with Crippen LogP contribution < -0.4 is 5.32 Å². The lowest BCUT2D eigenvalue weighted by Crippen LogP contribution is -2.62. The highest BCUT2D eigenvalue weighted by atomic mass is 16.2. The average Bonchev–Trinajstić information content (AvgIpc) is 3.25. The van der Waals surface area contributed by atoms with Gasteiger partial charge in [-0.2, -0.15) is 5.26 Å². The zero-order valence-electron chi connectivity index (χ0n) is 14.1. The van der Waals surface area contributed by atoms with E-state index < -0.39 is 23.8 Å². The highest BCUT2D eigenvalue weighted by Gasteiger charge is 2.50. The fourth-order valence-electron chi connectivity index (χ4n) is 4.36. The van der Waals surface area contributed by atoms with Crippen molar-refractivity contribution in [1.29, 1.82) is 5.26 Å². The molecule has 1 heterocycles. The molecule has 4 amide bonds. The molecule has 4 atom stereocenters. The van der Waals surface area contributed by atoms with Gasteiger partial charge in [0, 0.05) is 12.3 Å². The van der Waals surface area contributed by atoms with Gasteiger partial charge in [-0.3, -0.25) is 24.8 Å². The predicted molar refractivity (Wildman–Crippen MR) is 92.4 cm³/mol. The number of urea groups is 1. The molecule has 3 aliphatic rings. The third-order valence-corrected chi connectivity index (χ3v) is 5.64. The summed E-state index contributed by atoms with van der Waals surface area (Å²) in [5.41, 5.74) is 1.04. The van der Waals surface area contributed by atoms with Gasteiger partial charge in [0.25, 0.3) is 0 Å². The number of nitrogens with one attached hydrogen (secondary N) is 1. The van der Waals surface area contributed by atoms with Crippen LogP contribution in [0.5, 0.6) is 0 Å². The largest absolute Gasteiger partial charge is 0.331 e. The molecule has 1 aliphatic heterocycles. The summed E-state index contributed by atoms with van der Waals surface area (Å²) >= 11 is 0. The topological polar surface area (TPSA) is 103 Å². The number of hydrogen-bond acceptors (Lipinski definition) is 5. The first-order chi connectivity index (χ1) is 12.6. The summed E-state index contributed by atoms with van der Waals surface area (Å²) in [6.07, 6.45) is 5.36. The Bertz CT molecular complexity index is 839. The minimum atomic E-state index is -1.11. The average molecular weight is 350 g/mol. The Labute approximate surface area is 150 Å². The van der Waals surface area contributed by atoms with Crippen molar-refractivity contribution in [3.05, 3.63) is 29.8 Å². The second-order valence-electron chi connectivity index (χ2n) is 7.16. The van der Waals surface area contributed by atoms with E-state index in [0.29, 0.717) is 23.1 Å². The smallest absolute Gasteiger partial charge is 0.277 e. The minimum Gasteiger partial charge on any atom is -0.277 e. The van der Waals surface area contributed by atoms with Crippen molar-refractivity contribution >= 4 is 29.7 Å². The Hall–Kier alpha value is -3.01. The van der Waals surface area contributed by atoms with E-state index in [-0.39, 0.29) is 6.04 Å². The van der Waals surface area contributed by atoms with Crippen molar-refractivity contribution in [3.8, 4) is 6.07 Å². The summed E-state index contributed by atoms with van der Waals surface area (Å²) in [5.74, 6) is -1.32. The summed E-state index contributed by atoms with van der Waals surface area (Å²) in [6.45, 7) is 0. The van der Waals surface area contributed by atoms with E-state index in [2.05, 4.69) is 10.3 Å². The molecule has 7 heteroatoms. The number of aliphatic imine (C=N–C) groups is 1. The first kappa shape index (κ1) is 16.5. The lowest BCUT2D eigenvalue weighted by molar-refractivity contribution is -0.141. The third-order valence-electron chi connectivity index (χ3n) is 5.64. The predicted octanol–water partition coefficient (Wildman–Crippen LogP) is 2.14. The van der Waals surface area contributed by atoms with Crippen molar-refractivity contribution < 1.29 is 14.4 Å². The first-order valence-corrected chi connectivity index (χ1v) is 8.79. The van der Waals surface area contributed by atoms with Crippen LogP contribution in [-0.2, 0) is 9.59 Å². The Morgan fingerprint density at radius 1 is 1.15 bits per heavy atom. The van der Waals surface area contributed by atoms with Crippen LogP contribution in [0.15, 0.2) is 29.3 Å². The quantitative estimate of drug-likeness (QED) is 0.666. The van der Waals surface area contributed by atoms with Gasteiger partial charge in [-0.1, -0.05) is 6.42 Å². The highest BCUT2D eigenvalue weighted by Crippen LogP contribution is 2.47. The lowest BCUT2D eigenvalue weighted by Gasteiger charge is -2.36. The van der Waals surface area contributed by atoms with E-state index in [1.165, 1.54) is 11.1 Å². The molecule has 0 aromatic heterocycles. The summed E-state index contributed by atoms with van der Waals surface area (Å²) in [5, 5.41) is 11.1. The third kappa shape index (κ3) is 2.77. The molecule has 1 aromatic rings. The number of amides is 4. The van der Waals surface area contributed by atoms with E-state index in [4.69, 9.17) is 5.26 Å². The minimum absolute atomic E-state index is 0.111. The van der Waals surface area contributed by atoms with Gasteiger partial charge in [-0.05, 0) is 55.4 Å². The van der Waals surface area contributed by atoms with E-state index in [0.717, 1.165) is 25.7 Å². The summed E-state index contributed by atoms with van der Waals surface area (Å²) in [7, 11) is 0. The molecule has 3 fully saturated rings. The second kappa shape index (κ2) is 6.37. The molecule has 26 heavy (non-hydrogen) atoms. The standard InChI is InChI=1S/C19H18N4O3/c20-9-11-2-5-14(6-3-11)21-10-15-17(24)22-19(26)23(18(15)25)16-8-12-1-4-13(16)7-12/h2-3,5-6,10,12-13,15-16H,1,4,7-8H2,(H,22,24,26)/t12-,13-,15+,16-/m0/s1. The number of nitrogens with zero attached hydrogens (tertiary/aromatic N) is 3. The molecule has 2 bridgehead atoms. The van der Waals surface area contributed by atoms with Crippen molar-refractivity contribution in [2.24, 2.45) is 22.7 Å². The Balaban J connectivity index is 1.54. The van der Waals surface area contributed by atoms with Gasteiger partial charge in [0.1, 0.15) is 0 Å². The SMILES string of the molecule is N#Cc1ccc(N=C[C@@H]2C(=O)NC(=O)N([C@H]3C[C@H]4CC[C@H]3C4)C2=O)cc1.